The number of H-pyrrole nitrogens is 1. The zero-order valence-electron chi connectivity index (χ0n) is 15.2. The second-order valence-electron chi connectivity index (χ2n) is 6.97. The molecular formula is C19H17F3N4O2S. The Balaban J connectivity index is 1.51. The summed E-state index contributed by atoms with van der Waals surface area (Å²) in [4.78, 5) is 30.1. The first kappa shape index (κ1) is 19.6. The maximum absolute atomic E-state index is 12.8. The number of nitrogens with zero attached hydrogens (tertiary/aromatic N) is 3. The summed E-state index contributed by atoms with van der Waals surface area (Å²) in [7, 11) is 0. The SMILES string of the molecule is O=C(Cc1n[nH]c(=O)c2ccccc12)N1CCCC(c2nc(C(F)(F)F)cs2)C1. The Morgan fingerprint density at radius 3 is 2.76 bits per heavy atom. The second kappa shape index (κ2) is 7.58. The van der Waals surface area contributed by atoms with Gasteiger partial charge in [-0.15, -0.1) is 11.3 Å². The number of alkyl halides is 3. The zero-order chi connectivity index (χ0) is 20.6. The van der Waals surface area contributed by atoms with Crippen LogP contribution in [0.4, 0.5) is 13.2 Å². The Morgan fingerprint density at radius 1 is 1.28 bits per heavy atom. The van der Waals surface area contributed by atoms with Crippen molar-refractivity contribution in [3.8, 4) is 0 Å². The minimum atomic E-state index is -4.46. The number of aromatic nitrogens is 3. The zero-order valence-corrected chi connectivity index (χ0v) is 16.0. The van der Waals surface area contributed by atoms with Gasteiger partial charge in [-0.2, -0.15) is 18.3 Å². The van der Waals surface area contributed by atoms with Gasteiger partial charge in [-0.3, -0.25) is 9.59 Å². The number of carbonyl (C=O) groups is 1. The summed E-state index contributed by atoms with van der Waals surface area (Å²) >= 11 is 0.983. The highest BCUT2D eigenvalue weighted by molar-refractivity contribution is 7.09. The molecule has 1 atom stereocenters. The number of benzene rings is 1. The first-order valence-electron chi connectivity index (χ1n) is 9.09. The van der Waals surface area contributed by atoms with Crippen LogP contribution in [0.3, 0.4) is 0 Å². The van der Waals surface area contributed by atoms with Crippen molar-refractivity contribution in [3.63, 3.8) is 0 Å². The van der Waals surface area contributed by atoms with Crippen molar-refractivity contribution in [3.05, 3.63) is 56.4 Å². The predicted molar refractivity (Wildman–Crippen MR) is 102 cm³/mol. The number of thiazole rings is 1. The van der Waals surface area contributed by atoms with E-state index in [1.54, 1.807) is 29.2 Å². The molecule has 29 heavy (non-hydrogen) atoms. The highest BCUT2D eigenvalue weighted by Gasteiger charge is 2.35. The molecule has 2 aromatic heterocycles. The summed E-state index contributed by atoms with van der Waals surface area (Å²) in [5, 5.41) is 8.95. The third-order valence-electron chi connectivity index (χ3n) is 5.03. The monoisotopic (exact) mass is 422 g/mol. The van der Waals surface area contributed by atoms with E-state index in [-0.39, 0.29) is 23.8 Å². The number of fused-ring (bicyclic) bond motifs is 1. The molecule has 0 aliphatic carbocycles. The van der Waals surface area contributed by atoms with Crippen molar-refractivity contribution in [1.29, 1.82) is 0 Å². The summed E-state index contributed by atoms with van der Waals surface area (Å²) in [6.07, 6.45) is -3.07. The van der Waals surface area contributed by atoms with E-state index in [1.807, 2.05) is 0 Å². The van der Waals surface area contributed by atoms with Crippen LogP contribution in [0.1, 0.15) is 35.2 Å². The molecule has 1 aromatic carbocycles. The topological polar surface area (TPSA) is 79.0 Å². The van der Waals surface area contributed by atoms with Crippen LogP contribution >= 0.6 is 11.3 Å². The lowest BCUT2D eigenvalue weighted by Gasteiger charge is -2.32. The number of carbonyl (C=O) groups excluding carboxylic acids is 1. The largest absolute Gasteiger partial charge is 0.434 e. The maximum atomic E-state index is 12.8. The minimum absolute atomic E-state index is 0.00961. The molecule has 1 unspecified atom stereocenters. The van der Waals surface area contributed by atoms with Gasteiger partial charge in [0.25, 0.3) is 5.56 Å². The fourth-order valence-electron chi connectivity index (χ4n) is 3.57. The van der Waals surface area contributed by atoms with Crippen LogP contribution in [-0.4, -0.2) is 39.1 Å². The van der Waals surface area contributed by atoms with Gasteiger partial charge in [0.15, 0.2) is 5.69 Å². The van der Waals surface area contributed by atoms with Gasteiger partial charge in [0.1, 0.15) is 0 Å². The fourth-order valence-corrected chi connectivity index (χ4v) is 4.53. The van der Waals surface area contributed by atoms with Gasteiger partial charge in [0.05, 0.1) is 22.5 Å². The number of amides is 1. The summed E-state index contributed by atoms with van der Waals surface area (Å²) in [6, 6.07) is 6.92. The van der Waals surface area contributed by atoms with E-state index in [0.717, 1.165) is 16.7 Å². The molecule has 1 fully saturated rings. The summed E-state index contributed by atoms with van der Waals surface area (Å²) in [6.45, 7) is 0.860. The van der Waals surface area contributed by atoms with E-state index in [9.17, 15) is 22.8 Å². The lowest BCUT2D eigenvalue weighted by Crippen LogP contribution is -2.40. The van der Waals surface area contributed by atoms with Crippen LogP contribution in [0.2, 0.25) is 0 Å². The van der Waals surface area contributed by atoms with Gasteiger partial charge in [0, 0.05) is 29.8 Å². The highest BCUT2D eigenvalue weighted by atomic mass is 32.1. The molecule has 4 rings (SSSR count). The van der Waals surface area contributed by atoms with E-state index < -0.39 is 11.9 Å². The molecule has 0 spiro atoms. The molecule has 0 saturated carbocycles. The molecule has 1 saturated heterocycles. The minimum Gasteiger partial charge on any atom is -0.342 e. The summed E-state index contributed by atoms with van der Waals surface area (Å²) in [5.41, 5.74) is -0.732. The molecule has 0 bridgehead atoms. The van der Waals surface area contributed by atoms with E-state index in [2.05, 4.69) is 15.2 Å². The van der Waals surface area contributed by atoms with Gasteiger partial charge < -0.3 is 4.90 Å². The normalized spacial score (nSPS) is 17.6. The van der Waals surface area contributed by atoms with Gasteiger partial charge in [-0.1, -0.05) is 18.2 Å². The van der Waals surface area contributed by atoms with Gasteiger partial charge in [0.2, 0.25) is 5.91 Å². The summed E-state index contributed by atoms with van der Waals surface area (Å²) < 4.78 is 38.5. The molecule has 3 heterocycles. The number of piperidine rings is 1. The van der Waals surface area contributed by atoms with E-state index in [1.165, 1.54) is 0 Å². The lowest BCUT2D eigenvalue weighted by molar-refractivity contribution is -0.141. The first-order chi connectivity index (χ1) is 13.8. The molecule has 1 N–H and O–H groups in total. The van der Waals surface area contributed by atoms with Crippen LogP contribution in [0.25, 0.3) is 10.8 Å². The van der Waals surface area contributed by atoms with Crippen molar-refractivity contribution in [2.45, 2.75) is 31.4 Å². The van der Waals surface area contributed by atoms with Crippen molar-refractivity contribution in [2.24, 2.45) is 0 Å². The van der Waals surface area contributed by atoms with E-state index >= 15 is 0 Å². The predicted octanol–water partition coefficient (Wildman–Crippen LogP) is 3.35. The Kier molecular flexibility index (Phi) is 5.12. The van der Waals surface area contributed by atoms with Crippen LogP contribution in [0.5, 0.6) is 0 Å². The van der Waals surface area contributed by atoms with Crippen molar-refractivity contribution < 1.29 is 18.0 Å². The Labute approximate surface area is 167 Å². The van der Waals surface area contributed by atoms with Crippen LogP contribution in [0.15, 0.2) is 34.4 Å². The molecule has 3 aromatic rings. The molecule has 6 nitrogen and oxygen atoms in total. The number of likely N-dealkylation sites (tertiary alicyclic amines) is 1. The number of nitrogens with one attached hydrogen (secondary N) is 1. The number of hydrogen-bond acceptors (Lipinski definition) is 5. The molecule has 152 valence electrons. The van der Waals surface area contributed by atoms with Gasteiger partial charge >= 0.3 is 6.18 Å². The third kappa shape index (κ3) is 4.02. The summed E-state index contributed by atoms with van der Waals surface area (Å²) in [5.74, 6) is -0.388. The van der Waals surface area contributed by atoms with E-state index in [4.69, 9.17) is 0 Å². The molecule has 1 amide bonds. The Bertz CT molecular complexity index is 1110. The standard InChI is InChI=1S/C19H17F3N4O2S/c20-19(21,22)15-10-29-18(23-15)11-4-3-7-26(9-11)16(27)8-14-12-5-1-2-6-13(12)17(28)25-24-14/h1-2,5-6,10-11H,3-4,7-9H2,(H,25,28). The Morgan fingerprint density at radius 2 is 2.03 bits per heavy atom. The third-order valence-corrected chi connectivity index (χ3v) is 6.04. The average Bonchev–Trinajstić information content (AvgIpc) is 3.21. The van der Waals surface area contributed by atoms with Crippen molar-refractivity contribution in [1.82, 2.24) is 20.1 Å². The number of aromatic amines is 1. The molecule has 1 aliphatic rings. The van der Waals surface area contributed by atoms with Crippen molar-refractivity contribution >= 4 is 28.0 Å². The van der Waals surface area contributed by atoms with Crippen LogP contribution in [0, 0.1) is 0 Å². The average molecular weight is 422 g/mol. The molecular weight excluding hydrogens is 405 g/mol. The quantitative estimate of drug-likeness (QED) is 0.702. The maximum Gasteiger partial charge on any atom is 0.434 e. The number of halogens is 3. The molecule has 0 radical (unpaired) electrons. The van der Waals surface area contributed by atoms with Crippen LogP contribution in [-0.2, 0) is 17.4 Å². The lowest BCUT2D eigenvalue weighted by atomic mass is 9.98. The van der Waals surface area contributed by atoms with Gasteiger partial charge in [-0.05, 0) is 18.9 Å². The molecule has 1 aliphatic heterocycles. The van der Waals surface area contributed by atoms with Gasteiger partial charge in [-0.25, -0.2) is 10.1 Å². The first-order valence-corrected chi connectivity index (χ1v) is 9.97. The van der Waals surface area contributed by atoms with E-state index in [0.29, 0.717) is 47.4 Å². The second-order valence-corrected chi connectivity index (χ2v) is 7.86. The van der Waals surface area contributed by atoms with Crippen molar-refractivity contribution in [2.75, 3.05) is 13.1 Å². The van der Waals surface area contributed by atoms with Crippen LogP contribution < -0.4 is 5.56 Å². The smallest absolute Gasteiger partial charge is 0.342 e. The number of hydrogen-bond donors (Lipinski definition) is 1. The highest BCUT2D eigenvalue weighted by Crippen LogP contribution is 2.35. The molecule has 10 heteroatoms. The number of rotatable bonds is 3. The fraction of sp³-hybridized carbons (Fsp3) is 0.368. The Hall–Kier alpha value is -2.75.